The fourth-order valence-corrected chi connectivity index (χ4v) is 3.69. The second kappa shape index (κ2) is 9.14. The van der Waals surface area contributed by atoms with Gasteiger partial charge in [-0.25, -0.2) is 0 Å². The number of nitrogens with one attached hydrogen (secondary N) is 1. The van der Waals surface area contributed by atoms with Crippen LogP contribution in [0.4, 0.5) is 13.2 Å². The van der Waals surface area contributed by atoms with E-state index in [9.17, 15) is 18.0 Å². The Balaban J connectivity index is 1.90. The molecule has 8 heteroatoms. The van der Waals surface area contributed by atoms with Gasteiger partial charge in [-0.15, -0.1) is 0 Å². The maximum atomic E-state index is 13.9. The summed E-state index contributed by atoms with van der Waals surface area (Å²) in [5, 5.41) is 3.08. The number of pyridine rings is 2. The van der Waals surface area contributed by atoms with Crippen LogP contribution in [0, 0.1) is 13.8 Å². The van der Waals surface area contributed by atoms with Gasteiger partial charge >= 0.3 is 6.18 Å². The van der Waals surface area contributed by atoms with Gasteiger partial charge in [0.2, 0.25) is 0 Å². The highest BCUT2D eigenvalue weighted by Crippen LogP contribution is 2.36. The summed E-state index contributed by atoms with van der Waals surface area (Å²) in [7, 11) is 1.45. The lowest BCUT2D eigenvalue weighted by Gasteiger charge is -2.23. The van der Waals surface area contributed by atoms with Crippen LogP contribution in [0.2, 0.25) is 0 Å². The Morgan fingerprint density at radius 2 is 1.91 bits per heavy atom. The van der Waals surface area contributed by atoms with E-state index >= 15 is 0 Å². The van der Waals surface area contributed by atoms with Crippen molar-refractivity contribution in [2.75, 3.05) is 13.7 Å². The molecule has 0 bridgehead atoms. The van der Waals surface area contributed by atoms with Crippen LogP contribution < -0.4 is 10.1 Å². The smallest absolute Gasteiger partial charge is 0.398 e. The zero-order valence-corrected chi connectivity index (χ0v) is 18.7. The lowest BCUT2D eigenvalue weighted by molar-refractivity contribution is -0.149. The highest BCUT2D eigenvalue weighted by atomic mass is 19.4. The summed E-state index contributed by atoms with van der Waals surface area (Å²) in [6, 6.07) is 8.02. The minimum Gasteiger partial charge on any atom is -0.494 e. The molecule has 0 fully saturated rings. The van der Waals surface area contributed by atoms with E-state index in [0.717, 1.165) is 11.1 Å². The van der Waals surface area contributed by atoms with E-state index in [2.05, 4.69) is 15.3 Å². The monoisotopic (exact) mass is 445 g/mol. The SMILES string of the molecule is COc1cc(C(=O)NCC(c2cc(C(C)C)c(C)c(C)n2)C(F)(F)F)cc2cccnc12. The average Bonchev–Trinajstić information content (AvgIpc) is 2.73. The molecular weight excluding hydrogens is 419 g/mol. The van der Waals surface area contributed by atoms with Crippen LogP contribution in [0.15, 0.2) is 36.5 Å². The van der Waals surface area contributed by atoms with Gasteiger partial charge < -0.3 is 10.1 Å². The molecule has 0 aliphatic heterocycles. The number of halogens is 3. The van der Waals surface area contributed by atoms with Crippen molar-refractivity contribution in [1.82, 2.24) is 15.3 Å². The number of rotatable bonds is 6. The van der Waals surface area contributed by atoms with Gasteiger partial charge in [-0.1, -0.05) is 19.9 Å². The number of hydrogen-bond acceptors (Lipinski definition) is 4. The Labute approximate surface area is 185 Å². The van der Waals surface area contributed by atoms with Gasteiger partial charge in [0.15, 0.2) is 0 Å². The number of carbonyl (C=O) groups excluding carboxylic acids is 1. The largest absolute Gasteiger partial charge is 0.494 e. The summed E-state index contributed by atoms with van der Waals surface area (Å²) in [6.07, 6.45) is -2.97. The maximum Gasteiger partial charge on any atom is 0.398 e. The third kappa shape index (κ3) is 4.84. The van der Waals surface area contributed by atoms with Crippen LogP contribution in [-0.2, 0) is 0 Å². The summed E-state index contributed by atoms with van der Waals surface area (Å²) in [5.74, 6) is -2.13. The Kier molecular flexibility index (Phi) is 6.71. The van der Waals surface area contributed by atoms with E-state index in [1.165, 1.54) is 19.2 Å². The Morgan fingerprint density at radius 3 is 2.53 bits per heavy atom. The van der Waals surface area contributed by atoms with Gasteiger partial charge in [0.05, 0.1) is 12.8 Å². The van der Waals surface area contributed by atoms with Gasteiger partial charge in [-0.2, -0.15) is 13.2 Å². The molecule has 2 heterocycles. The minimum absolute atomic E-state index is 0.0533. The molecule has 1 N–H and O–H groups in total. The van der Waals surface area contributed by atoms with Crippen molar-refractivity contribution in [3.8, 4) is 5.75 Å². The van der Waals surface area contributed by atoms with Gasteiger partial charge in [0.25, 0.3) is 5.91 Å². The fourth-order valence-electron chi connectivity index (χ4n) is 3.69. The summed E-state index contributed by atoms with van der Waals surface area (Å²) < 4.78 is 47.1. The molecule has 32 heavy (non-hydrogen) atoms. The number of benzene rings is 1. The third-order valence-corrected chi connectivity index (χ3v) is 5.57. The number of amides is 1. The number of alkyl halides is 3. The van der Waals surface area contributed by atoms with Crippen LogP contribution in [0.1, 0.15) is 58.6 Å². The van der Waals surface area contributed by atoms with Crippen LogP contribution in [0.3, 0.4) is 0 Å². The minimum atomic E-state index is -4.57. The van der Waals surface area contributed by atoms with Crippen molar-refractivity contribution in [2.24, 2.45) is 0 Å². The number of aryl methyl sites for hydroxylation is 1. The van der Waals surface area contributed by atoms with E-state index in [-0.39, 0.29) is 17.2 Å². The molecule has 3 rings (SSSR count). The molecule has 3 aromatic rings. The van der Waals surface area contributed by atoms with Crippen LogP contribution in [-0.4, -0.2) is 35.7 Å². The number of nitrogens with zero attached hydrogens (tertiary/aromatic N) is 2. The maximum absolute atomic E-state index is 13.9. The quantitative estimate of drug-likeness (QED) is 0.548. The molecule has 170 valence electrons. The molecule has 0 saturated carbocycles. The molecule has 0 spiro atoms. The van der Waals surface area contributed by atoms with Crippen molar-refractivity contribution in [2.45, 2.75) is 45.7 Å². The summed E-state index contributed by atoms with van der Waals surface area (Å²) in [4.78, 5) is 21.2. The van der Waals surface area contributed by atoms with E-state index in [4.69, 9.17) is 4.74 Å². The molecular formula is C24H26F3N3O2. The number of ether oxygens (including phenoxy) is 1. The van der Waals surface area contributed by atoms with Crippen molar-refractivity contribution >= 4 is 16.8 Å². The Hall–Kier alpha value is -3.16. The van der Waals surface area contributed by atoms with Gasteiger partial charge in [-0.05, 0) is 55.2 Å². The number of hydrogen-bond donors (Lipinski definition) is 1. The molecule has 0 aliphatic carbocycles. The second-order valence-electron chi connectivity index (χ2n) is 8.06. The summed E-state index contributed by atoms with van der Waals surface area (Å²) in [6.45, 7) is 6.79. The zero-order valence-electron chi connectivity index (χ0n) is 18.7. The summed E-state index contributed by atoms with van der Waals surface area (Å²) in [5.41, 5.74) is 2.92. The third-order valence-electron chi connectivity index (χ3n) is 5.57. The zero-order chi connectivity index (χ0) is 23.6. The predicted octanol–water partition coefficient (Wildman–Crippen LogP) is 5.45. The summed E-state index contributed by atoms with van der Waals surface area (Å²) >= 11 is 0. The first kappa shape index (κ1) is 23.5. The van der Waals surface area contributed by atoms with E-state index in [0.29, 0.717) is 22.3 Å². The van der Waals surface area contributed by atoms with Gasteiger partial charge in [0, 0.05) is 29.4 Å². The fraction of sp³-hybridized carbons (Fsp3) is 0.375. The molecule has 2 aromatic heterocycles. The molecule has 0 aliphatic rings. The first-order chi connectivity index (χ1) is 15.0. The molecule has 1 atom stereocenters. The van der Waals surface area contributed by atoms with Crippen molar-refractivity contribution in [3.63, 3.8) is 0 Å². The molecule has 0 radical (unpaired) electrons. The number of aromatic nitrogens is 2. The van der Waals surface area contributed by atoms with Crippen molar-refractivity contribution in [1.29, 1.82) is 0 Å². The first-order valence-electron chi connectivity index (χ1n) is 10.3. The van der Waals surface area contributed by atoms with Crippen molar-refractivity contribution < 1.29 is 22.7 Å². The number of carbonyl (C=O) groups is 1. The van der Waals surface area contributed by atoms with E-state index < -0.39 is 24.5 Å². The van der Waals surface area contributed by atoms with E-state index in [1.54, 1.807) is 31.3 Å². The number of methoxy groups -OCH3 is 1. The lowest BCUT2D eigenvalue weighted by atomic mass is 9.93. The van der Waals surface area contributed by atoms with Crippen molar-refractivity contribution in [3.05, 3.63) is 64.6 Å². The molecule has 1 amide bonds. The van der Waals surface area contributed by atoms with Crippen LogP contribution in [0.25, 0.3) is 10.9 Å². The van der Waals surface area contributed by atoms with Crippen LogP contribution >= 0.6 is 0 Å². The molecule has 1 unspecified atom stereocenters. The lowest BCUT2D eigenvalue weighted by Crippen LogP contribution is -2.35. The Morgan fingerprint density at radius 1 is 1.19 bits per heavy atom. The number of fused-ring (bicyclic) bond motifs is 1. The topological polar surface area (TPSA) is 64.1 Å². The van der Waals surface area contributed by atoms with Gasteiger partial charge in [0.1, 0.15) is 17.2 Å². The highest BCUT2D eigenvalue weighted by Gasteiger charge is 2.42. The normalized spacial score (nSPS) is 12.8. The van der Waals surface area contributed by atoms with Crippen LogP contribution in [0.5, 0.6) is 5.75 Å². The highest BCUT2D eigenvalue weighted by molar-refractivity contribution is 5.99. The molecule has 0 saturated heterocycles. The Bertz CT molecular complexity index is 1140. The molecule has 5 nitrogen and oxygen atoms in total. The van der Waals surface area contributed by atoms with Gasteiger partial charge in [-0.3, -0.25) is 14.8 Å². The molecule has 1 aromatic carbocycles. The predicted molar refractivity (Wildman–Crippen MR) is 117 cm³/mol. The standard InChI is InChI=1S/C24H26F3N3O2/c1-13(2)18-11-20(30-15(4)14(18)3)19(24(25,26)27)12-29-23(31)17-9-16-7-6-8-28-22(16)21(10-17)32-5/h6-11,13,19H,12H2,1-5H3,(H,29,31). The first-order valence-corrected chi connectivity index (χ1v) is 10.3. The van der Waals surface area contributed by atoms with E-state index in [1.807, 2.05) is 20.8 Å². The second-order valence-corrected chi connectivity index (χ2v) is 8.06. The average molecular weight is 445 g/mol.